The van der Waals surface area contributed by atoms with E-state index in [1.54, 1.807) is 0 Å². The van der Waals surface area contributed by atoms with E-state index in [4.69, 9.17) is 0 Å². The Morgan fingerprint density at radius 2 is 0.577 bits per heavy atom. The number of allylic oxidation sites excluding steroid dienone is 8. The Balaban J connectivity index is 0.000000703. The summed E-state index contributed by atoms with van der Waals surface area (Å²) in [6, 6.07) is 88.3. The second-order valence-electron chi connectivity index (χ2n) is 33.3. The SMILES string of the molecule is CC(C)CC(=O)C=C(O)CC(C)C.CC(C)CC(=O)C=C(O)CC(C)C.CC(C)CC(=O)C=C(O)CC(C)C.CC(C)CC(=O)C=C(O)CC(C)C.Cc1c[c-]c(-c2ccc3ccccc3n2)cc1.Cc1cc[c-]c(-c2ccc3ccccc3n2)c1.Cc1ccc[c-]c1-c1ccc2ccccc2n1.[Ir].[Ir].[Ir].[Ir].[c-]1ccccc1-c1ccc2ccccc2n1. The number of para-hydroxylation sites is 4. The molecule has 8 aromatic carbocycles. The molecule has 0 amide bonds. The van der Waals surface area contributed by atoms with Gasteiger partial charge in [-0.05, 0) is 116 Å². The molecule has 0 fully saturated rings. The van der Waals surface area contributed by atoms with Gasteiger partial charge < -0.3 is 20.4 Å². The number of nitrogens with zero attached hydrogens (tertiary/aromatic N) is 4. The molecule has 4 heterocycles. The van der Waals surface area contributed by atoms with Gasteiger partial charge in [-0.3, -0.25) is 39.1 Å². The molecule has 0 atom stereocenters. The van der Waals surface area contributed by atoms with Crippen molar-refractivity contribution in [2.24, 2.45) is 47.3 Å². The van der Waals surface area contributed by atoms with Gasteiger partial charge in [0.15, 0.2) is 23.1 Å². The standard InChI is InChI=1S/3C16H12N.C15H10N.4C11H20O2.4Ir/c1-12-6-2-4-8-14(12)16-11-10-13-7-3-5-9-15(13)17-16;1-12-5-4-7-14(11-12)16-10-9-13-6-2-3-8-15(13)17-16;1-12-6-8-14(9-7-12)16-11-10-13-4-2-3-5-15(13)17-16;1-2-6-12(7-3-1)15-11-10-13-8-4-5-9-14(13)16-15;4*1-8(2)5-10(12)7-11(13)6-9(3)4;;;;/h2-7,9-11H,1H3;2-6,8-11H,1H3;2-8,10-11H,1H3;1-6,8-11H;4*7-9,12H,5-6H2,1-4H3;;;;/q4*-1;;;;;;;;. The number of aliphatic hydroxyl groups excluding tert-OH is 4. The minimum absolute atomic E-state index is 0. The third-order valence-corrected chi connectivity index (χ3v) is 17.4. The molecular formula is C107H126Ir4N4O8-4. The molecule has 12 nitrogen and oxygen atoms in total. The average molecular weight is 2370 g/mol. The topological polar surface area (TPSA) is 201 Å². The number of pyridine rings is 4. The average Bonchev–Trinajstić information content (AvgIpc) is 0.830. The van der Waals surface area contributed by atoms with Crippen LogP contribution in [0.1, 0.15) is 179 Å². The Morgan fingerprint density at radius 1 is 0.285 bits per heavy atom. The Hall–Kier alpha value is -9.16. The van der Waals surface area contributed by atoms with Crippen molar-refractivity contribution < 1.29 is 120 Å². The van der Waals surface area contributed by atoms with Crippen LogP contribution in [0, 0.1) is 92.4 Å². The number of aryl methyl sites for hydroxylation is 3. The van der Waals surface area contributed by atoms with Crippen molar-refractivity contribution in [2.75, 3.05) is 0 Å². The summed E-state index contributed by atoms with van der Waals surface area (Å²) in [6.07, 6.45) is 9.86. The van der Waals surface area contributed by atoms with Crippen molar-refractivity contribution in [2.45, 2.75) is 183 Å². The van der Waals surface area contributed by atoms with Crippen LogP contribution in [-0.4, -0.2) is 63.5 Å². The van der Waals surface area contributed by atoms with Crippen LogP contribution in [0.4, 0.5) is 0 Å². The third kappa shape index (κ3) is 45.9. The van der Waals surface area contributed by atoms with Gasteiger partial charge in [0.1, 0.15) is 0 Å². The zero-order valence-electron chi connectivity index (χ0n) is 75.0. The molecule has 4 N–H and O–H groups in total. The number of carbonyl (C=O) groups is 4. The molecule has 0 aliphatic rings. The van der Waals surface area contributed by atoms with E-state index >= 15 is 0 Å². The first-order valence-corrected chi connectivity index (χ1v) is 41.6. The van der Waals surface area contributed by atoms with Gasteiger partial charge in [-0.2, -0.15) is 0 Å². The molecule has 123 heavy (non-hydrogen) atoms. The van der Waals surface area contributed by atoms with Gasteiger partial charge in [0, 0.05) is 156 Å². The molecule has 0 aliphatic heterocycles. The Kier molecular flexibility index (Phi) is 54.9. The van der Waals surface area contributed by atoms with Crippen LogP contribution in [0.15, 0.2) is 272 Å². The molecule has 16 heteroatoms. The van der Waals surface area contributed by atoms with E-state index in [1.165, 1.54) is 62.5 Å². The van der Waals surface area contributed by atoms with Crippen LogP contribution in [0.3, 0.4) is 0 Å². The predicted molar refractivity (Wildman–Crippen MR) is 497 cm³/mol. The zero-order chi connectivity index (χ0) is 87.5. The number of carbonyl (C=O) groups excluding carboxylic acids is 4. The van der Waals surface area contributed by atoms with Crippen molar-refractivity contribution in [1.82, 2.24) is 19.9 Å². The smallest absolute Gasteiger partial charge is 0.159 e. The summed E-state index contributed by atoms with van der Waals surface area (Å²) < 4.78 is 0. The zero-order valence-corrected chi connectivity index (χ0v) is 84.6. The van der Waals surface area contributed by atoms with Gasteiger partial charge >= 0.3 is 0 Å². The van der Waals surface area contributed by atoms with Crippen LogP contribution in [0.25, 0.3) is 88.6 Å². The van der Waals surface area contributed by atoms with Crippen LogP contribution < -0.4 is 0 Å². The summed E-state index contributed by atoms with van der Waals surface area (Å²) in [5.41, 5.74) is 15.9. The summed E-state index contributed by atoms with van der Waals surface area (Å²) >= 11 is 0. The molecule has 0 spiro atoms. The minimum Gasteiger partial charge on any atom is -0.512 e. The van der Waals surface area contributed by atoms with Crippen LogP contribution in [0.2, 0.25) is 0 Å². The number of benzene rings is 8. The van der Waals surface area contributed by atoms with Crippen molar-refractivity contribution >= 4 is 66.7 Å². The number of fused-ring (bicyclic) bond motifs is 4. The quantitative estimate of drug-likeness (QED) is 0.0254. The summed E-state index contributed by atoms with van der Waals surface area (Å²) in [6.45, 7) is 38.2. The summed E-state index contributed by atoms with van der Waals surface area (Å²) in [7, 11) is 0. The maximum atomic E-state index is 11.2. The van der Waals surface area contributed by atoms with Gasteiger partial charge in [0.25, 0.3) is 0 Å². The summed E-state index contributed by atoms with van der Waals surface area (Å²) in [5, 5.41) is 42.1. The number of ketones is 4. The van der Waals surface area contributed by atoms with Crippen LogP contribution >= 0.6 is 0 Å². The van der Waals surface area contributed by atoms with Crippen LogP contribution in [-0.2, 0) is 99.6 Å². The normalized spacial score (nSPS) is 11.1. The van der Waals surface area contributed by atoms with E-state index in [-0.39, 0.29) is 127 Å². The van der Waals surface area contributed by atoms with E-state index in [0.717, 1.165) is 67.1 Å². The number of hydrogen-bond donors (Lipinski definition) is 4. The first-order chi connectivity index (χ1) is 56.6. The fraction of sp³-hybridized carbons (Fsp3) is 0.327. The first-order valence-electron chi connectivity index (χ1n) is 41.6. The Labute approximate surface area is 788 Å². The molecule has 662 valence electrons. The molecule has 12 rings (SSSR count). The predicted octanol–water partition coefficient (Wildman–Crippen LogP) is 28.1. The molecule has 0 aliphatic carbocycles. The fourth-order valence-corrected chi connectivity index (χ4v) is 12.1. The van der Waals surface area contributed by atoms with E-state index < -0.39 is 0 Å². The van der Waals surface area contributed by atoms with Gasteiger partial charge in [0.2, 0.25) is 0 Å². The number of aliphatic hydroxyl groups is 4. The van der Waals surface area contributed by atoms with Crippen molar-refractivity contribution in [3.05, 3.63) is 313 Å². The van der Waals surface area contributed by atoms with Crippen molar-refractivity contribution in [3.8, 4) is 45.0 Å². The largest absolute Gasteiger partial charge is 0.512 e. The summed E-state index contributed by atoms with van der Waals surface area (Å²) in [4.78, 5) is 63.4. The first kappa shape index (κ1) is 112. The Bertz CT molecular complexity index is 5090. The monoisotopic (exact) mass is 2370 g/mol. The number of rotatable bonds is 24. The minimum atomic E-state index is 0. The second kappa shape index (κ2) is 60.4. The molecular weight excluding hydrogens is 2240 g/mol. The number of aromatic nitrogens is 4. The second-order valence-corrected chi connectivity index (χ2v) is 33.3. The molecule has 4 aromatic heterocycles. The van der Waals surface area contributed by atoms with Gasteiger partial charge in [-0.1, -0.05) is 253 Å². The Morgan fingerprint density at radius 3 is 0.878 bits per heavy atom. The molecule has 4 radical (unpaired) electrons. The molecule has 0 saturated heterocycles. The number of hydrogen-bond acceptors (Lipinski definition) is 12. The maximum absolute atomic E-state index is 11.2. The molecule has 12 aromatic rings. The third-order valence-electron chi connectivity index (χ3n) is 17.4. The molecule has 0 unspecified atom stereocenters. The van der Waals surface area contributed by atoms with Crippen molar-refractivity contribution in [1.29, 1.82) is 0 Å². The van der Waals surface area contributed by atoms with Gasteiger partial charge in [0.05, 0.1) is 45.1 Å². The van der Waals surface area contributed by atoms with E-state index in [0.29, 0.717) is 98.7 Å². The van der Waals surface area contributed by atoms with Crippen LogP contribution in [0.5, 0.6) is 0 Å². The molecule has 0 bridgehead atoms. The van der Waals surface area contributed by atoms with E-state index in [9.17, 15) is 39.6 Å². The summed E-state index contributed by atoms with van der Waals surface area (Å²) in [5.74, 6) is 3.92. The van der Waals surface area contributed by atoms with Crippen molar-refractivity contribution in [3.63, 3.8) is 0 Å². The van der Waals surface area contributed by atoms with Gasteiger partial charge in [-0.25, -0.2) is 0 Å². The molecule has 0 saturated carbocycles. The fourth-order valence-electron chi connectivity index (χ4n) is 12.1. The van der Waals surface area contributed by atoms with E-state index in [2.05, 4.69) is 144 Å². The van der Waals surface area contributed by atoms with Gasteiger partial charge in [-0.15, -0.1) is 142 Å². The van der Waals surface area contributed by atoms with E-state index in [1.807, 2.05) is 256 Å². The maximum Gasteiger partial charge on any atom is 0.159 e.